The molecule has 1 unspecified atom stereocenters. The van der Waals surface area contributed by atoms with Crippen LogP contribution in [-0.2, 0) is 28.7 Å². The Kier molecular flexibility index (Phi) is 8.94. The van der Waals surface area contributed by atoms with Crippen LogP contribution in [0.25, 0.3) is 0 Å². The summed E-state index contributed by atoms with van der Waals surface area (Å²) in [4.78, 5) is 31.1. The maximum absolute atomic E-state index is 14.1. The van der Waals surface area contributed by atoms with Gasteiger partial charge in [-0.2, -0.15) is 28.4 Å². The number of ether oxygens (including phenoxy) is 2. The standard InChI is InChI=1S/C29H34F4N8O3/c1-16-11-23(35)37-25(24(16)29(31,32)33)22-12-21-20(15-43-22)26(38-28(36-21)44-14-19-5-4-8-39(19)3)40-9-10-41(27(42)17(2)30)18(13-40)6-7-34/h11,18-19,22H,2,4-6,8-10,12-15H2,1,3H3,(H2,35,37)/t18-,19-,22?/m0/s1. The summed E-state index contributed by atoms with van der Waals surface area (Å²) >= 11 is 0. The van der Waals surface area contributed by atoms with Gasteiger partial charge in [-0.3, -0.25) is 4.79 Å². The van der Waals surface area contributed by atoms with Crippen LogP contribution in [0.2, 0.25) is 0 Å². The molecule has 44 heavy (non-hydrogen) atoms. The molecule has 0 aromatic carbocycles. The number of aromatic nitrogens is 3. The Balaban J connectivity index is 1.50. The first-order valence-corrected chi connectivity index (χ1v) is 14.3. The van der Waals surface area contributed by atoms with Crippen molar-refractivity contribution in [3.05, 3.63) is 46.6 Å². The van der Waals surface area contributed by atoms with E-state index in [0.717, 1.165) is 19.4 Å². The summed E-state index contributed by atoms with van der Waals surface area (Å²) in [5.74, 6) is -1.63. The van der Waals surface area contributed by atoms with Crippen molar-refractivity contribution in [2.45, 2.75) is 63.6 Å². The molecule has 15 heteroatoms. The molecule has 2 fully saturated rings. The molecule has 0 saturated carbocycles. The average Bonchev–Trinajstić information content (AvgIpc) is 3.38. The van der Waals surface area contributed by atoms with Crippen molar-refractivity contribution >= 4 is 17.5 Å². The summed E-state index contributed by atoms with van der Waals surface area (Å²) in [6.07, 6.45) is -3.90. The monoisotopic (exact) mass is 618 g/mol. The fourth-order valence-electron chi connectivity index (χ4n) is 6.17. The lowest BCUT2D eigenvalue weighted by atomic mass is 9.96. The van der Waals surface area contributed by atoms with Gasteiger partial charge in [0.25, 0.3) is 5.91 Å². The van der Waals surface area contributed by atoms with Gasteiger partial charge in [0.1, 0.15) is 24.3 Å². The second-order valence-corrected chi connectivity index (χ2v) is 11.3. The molecule has 0 aliphatic carbocycles. The molecule has 0 bridgehead atoms. The Morgan fingerprint density at radius 1 is 1.25 bits per heavy atom. The molecule has 2 aromatic rings. The minimum atomic E-state index is -4.68. The van der Waals surface area contributed by atoms with Crippen molar-refractivity contribution in [3.63, 3.8) is 0 Å². The zero-order chi connectivity index (χ0) is 31.8. The molecule has 5 heterocycles. The van der Waals surface area contributed by atoms with E-state index in [0.29, 0.717) is 23.7 Å². The molecule has 0 radical (unpaired) electrons. The summed E-state index contributed by atoms with van der Waals surface area (Å²) in [5, 5.41) is 9.41. The third kappa shape index (κ3) is 6.41. The largest absolute Gasteiger partial charge is 0.462 e. The second kappa shape index (κ2) is 12.5. The molecule has 3 atom stereocenters. The number of hydrogen-bond acceptors (Lipinski definition) is 10. The Morgan fingerprint density at radius 3 is 2.68 bits per heavy atom. The molecule has 11 nitrogen and oxygen atoms in total. The van der Waals surface area contributed by atoms with Crippen molar-refractivity contribution in [1.82, 2.24) is 24.8 Å². The Morgan fingerprint density at radius 2 is 2.02 bits per heavy atom. The van der Waals surface area contributed by atoms with Crippen molar-refractivity contribution < 1.29 is 31.8 Å². The van der Waals surface area contributed by atoms with Crippen LogP contribution in [0.1, 0.15) is 53.4 Å². The number of nitriles is 1. The summed E-state index contributed by atoms with van der Waals surface area (Å²) in [5.41, 5.74) is 5.55. The highest BCUT2D eigenvalue weighted by atomic mass is 19.4. The van der Waals surface area contributed by atoms with Gasteiger partial charge in [0.05, 0.1) is 42.1 Å². The number of pyridine rings is 1. The maximum Gasteiger partial charge on any atom is 0.418 e. The van der Waals surface area contributed by atoms with Gasteiger partial charge in [-0.25, -0.2) is 9.37 Å². The first kappa shape index (κ1) is 31.4. The molecule has 2 saturated heterocycles. The molecule has 2 N–H and O–H groups in total. The minimum absolute atomic E-state index is 0.0503. The zero-order valence-corrected chi connectivity index (χ0v) is 24.5. The lowest BCUT2D eigenvalue weighted by Gasteiger charge is -2.42. The maximum atomic E-state index is 14.1. The van der Waals surface area contributed by atoms with E-state index in [1.165, 1.54) is 17.9 Å². The predicted molar refractivity (Wildman–Crippen MR) is 151 cm³/mol. The Labute approximate surface area is 252 Å². The highest BCUT2D eigenvalue weighted by Gasteiger charge is 2.41. The first-order chi connectivity index (χ1) is 20.9. The summed E-state index contributed by atoms with van der Waals surface area (Å²) in [7, 11) is 2.00. The number of likely N-dealkylation sites (tertiary alicyclic amines) is 1. The molecule has 1 amide bonds. The van der Waals surface area contributed by atoms with Gasteiger partial charge in [-0.15, -0.1) is 0 Å². The van der Waals surface area contributed by atoms with Gasteiger partial charge in [-0.1, -0.05) is 6.58 Å². The number of carbonyl (C=O) groups excluding carboxylic acids is 1. The quantitative estimate of drug-likeness (QED) is 0.363. The number of piperazine rings is 1. The number of rotatable bonds is 7. The summed E-state index contributed by atoms with van der Waals surface area (Å²) in [6.45, 7) is 6.05. The van der Waals surface area contributed by atoms with E-state index in [1.807, 2.05) is 18.0 Å². The number of nitrogens with two attached hydrogens (primary N) is 1. The molecule has 3 aliphatic heterocycles. The van der Waals surface area contributed by atoms with E-state index in [4.69, 9.17) is 15.2 Å². The molecular formula is C29H34F4N8O3. The van der Waals surface area contributed by atoms with Crippen molar-refractivity contribution in [2.75, 3.05) is 50.5 Å². The van der Waals surface area contributed by atoms with Crippen LogP contribution in [0, 0.1) is 18.3 Å². The van der Waals surface area contributed by atoms with Crippen LogP contribution < -0.4 is 15.4 Å². The number of nitrogen functional groups attached to an aromatic ring is 1. The number of fused-ring (bicyclic) bond motifs is 1. The van der Waals surface area contributed by atoms with Crippen LogP contribution in [0.15, 0.2) is 18.5 Å². The SMILES string of the molecule is C=C(F)C(=O)N1CCN(c2nc(OC[C@@H]3CCCN3C)nc3c2COC(c2nc(N)cc(C)c2C(F)(F)F)C3)C[C@@H]1CC#N. The highest BCUT2D eigenvalue weighted by molar-refractivity contribution is 5.91. The highest BCUT2D eigenvalue weighted by Crippen LogP contribution is 2.42. The van der Waals surface area contributed by atoms with E-state index in [9.17, 15) is 27.6 Å². The van der Waals surface area contributed by atoms with Crippen molar-refractivity contribution in [1.29, 1.82) is 5.26 Å². The number of anilines is 2. The Hall–Kier alpha value is -4.03. The molecule has 2 aromatic heterocycles. The molecule has 3 aliphatic rings. The molecule has 0 spiro atoms. The minimum Gasteiger partial charge on any atom is -0.462 e. The van der Waals surface area contributed by atoms with Crippen LogP contribution in [0.3, 0.4) is 0 Å². The van der Waals surface area contributed by atoms with Crippen molar-refractivity contribution in [2.24, 2.45) is 0 Å². The average molecular weight is 619 g/mol. The number of amides is 1. The number of likely N-dealkylation sites (N-methyl/N-ethyl adjacent to an activating group) is 1. The molecular weight excluding hydrogens is 584 g/mol. The first-order valence-electron chi connectivity index (χ1n) is 14.3. The van der Waals surface area contributed by atoms with Gasteiger partial charge in [0.2, 0.25) is 0 Å². The second-order valence-electron chi connectivity index (χ2n) is 11.3. The smallest absolute Gasteiger partial charge is 0.418 e. The van der Waals surface area contributed by atoms with Gasteiger partial charge < -0.3 is 29.9 Å². The lowest BCUT2D eigenvalue weighted by Crippen LogP contribution is -2.55. The number of aryl methyl sites for hydroxylation is 1. The fraction of sp³-hybridized carbons (Fsp3) is 0.552. The number of halogens is 4. The third-order valence-corrected chi connectivity index (χ3v) is 8.39. The molecule has 5 rings (SSSR count). The molecule has 236 valence electrons. The van der Waals surface area contributed by atoms with Crippen LogP contribution in [0.5, 0.6) is 6.01 Å². The topological polar surface area (TPSA) is 134 Å². The van der Waals surface area contributed by atoms with Crippen LogP contribution >= 0.6 is 0 Å². The van der Waals surface area contributed by atoms with E-state index in [2.05, 4.69) is 26.4 Å². The Bertz CT molecular complexity index is 1480. The zero-order valence-electron chi connectivity index (χ0n) is 24.5. The van der Waals surface area contributed by atoms with Crippen molar-refractivity contribution in [3.8, 4) is 12.1 Å². The van der Waals surface area contributed by atoms with Crippen LogP contribution in [0.4, 0.5) is 29.2 Å². The number of alkyl halides is 3. The number of nitrogens with zero attached hydrogens (tertiary/aromatic N) is 7. The normalized spacial score (nSPS) is 22.4. The van der Waals surface area contributed by atoms with E-state index in [1.54, 1.807) is 0 Å². The van der Waals surface area contributed by atoms with E-state index >= 15 is 0 Å². The van der Waals surface area contributed by atoms with E-state index in [-0.39, 0.29) is 68.2 Å². The predicted octanol–water partition coefficient (Wildman–Crippen LogP) is 3.48. The lowest BCUT2D eigenvalue weighted by molar-refractivity contribution is -0.140. The van der Waals surface area contributed by atoms with E-state index < -0.39 is 35.6 Å². The summed E-state index contributed by atoms with van der Waals surface area (Å²) < 4.78 is 68.1. The number of hydrogen-bond donors (Lipinski definition) is 1. The summed E-state index contributed by atoms with van der Waals surface area (Å²) in [6, 6.07) is 2.78. The van der Waals surface area contributed by atoms with Gasteiger partial charge in [-0.05, 0) is 45.0 Å². The van der Waals surface area contributed by atoms with Gasteiger partial charge in [0, 0.05) is 37.7 Å². The van der Waals surface area contributed by atoms with Gasteiger partial charge in [0.15, 0.2) is 5.83 Å². The third-order valence-electron chi connectivity index (χ3n) is 8.39. The fourth-order valence-corrected chi connectivity index (χ4v) is 6.17. The number of carbonyl (C=O) groups is 1. The van der Waals surface area contributed by atoms with Gasteiger partial charge >= 0.3 is 12.2 Å². The van der Waals surface area contributed by atoms with Crippen LogP contribution in [-0.4, -0.2) is 82.6 Å².